The maximum absolute atomic E-state index is 12.1. The van der Waals surface area contributed by atoms with Crippen LogP contribution in [0.5, 0.6) is 0 Å². The van der Waals surface area contributed by atoms with Crippen molar-refractivity contribution in [2.75, 3.05) is 36.6 Å². The van der Waals surface area contributed by atoms with Gasteiger partial charge in [0.05, 0.1) is 5.69 Å². The molecular formula is C16H25N3O4. The zero-order valence-electron chi connectivity index (χ0n) is 14.1. The first-order valence-electron chi connectivity index (χ1n) is 7.70. The number of hydrogen-bond donors (Lipinski definition) is 2. The number of amides is 1. The first kappa shape index (κ1) is 17.4. The van der Waals surface area contributed by atoms with Gasteiger partial charge in [-0.3, -0.25) is 0 Å². The van der Waals surface area contributed by atoms with Crippen LogP contribution in [-0.2, 0) is 9.73 Å². The maximum atomic E-state index is 12.1. The Hall–Kier alpha value is -1.99. The van der Waals surface area contributed by atoms with Gasteiger partial charge < -0.3 is 14.5 Å². The molecule has 7 nitrogen and oxygen atoms in total. The van der Waals surface area contributed by atoms with Crippen LogP contribution in [0.25, 0.3) is 0 Å². The quantitative estimate of drug-likeness (QED) is 0.658. The van der Waals surface area contributed by atoms with Gasteiger partial charge in [0.25, 0.3) is 0 Å². The fourth-order valence-corrected chi connectivity index (χ4v) is 2.58. The average Bonchev–Trinajstić information content (AvgIpc) is 2.46. The minimum absolute atomic E-state index is 0.256. The fraction of sp³-hybridized carbons (Fsp3) is 0.562. The Bertz CT molecular complexity index is 549. The van der Waals surface area contributed by atoms with Crippen LogP contribution in [0.2, 0.25) is 0 Å². The lowest BCUT2D eigenvalue weighted by Gasteiger charge is -2.37. The number of benzene rings is 1. The highest BCUT2D eigenvalue weighted by Gasteiger charge is 2.26. The van der Waals surface area contributed by atoms with Crippen LogP contribution in [0.4, 0.5) is 16.2 Å². The fourth-order valence-electron chi connectivity index (χ4n) is 2.58. The topological polar surface area (TPSA) is 74.3 Å². The standard InChI is InChI=1S/C16H25N3O4/c1-12-11-13(17-23-21)5-6-14(12)18-7-9-19(10-8-18)15(20)22-16(2,3)4/h5-6,11,17,21H,7-10H2,1-4H3. The van der Waals surface area contributed by atoms with Crippen molar-refractivity contribution in [1.82, 2.24) is 4.90 Å². The molecule has 2 rings (SSSR count). The van der Waals surface area contributed by atoms with Crippen molar-refractivity contribution in [3.63, 3.8) is 0 Å². The Morgan fingerprint density at radius 1 is 1.22 bits per heavy atom. The minimum Gasteiger partial charge on any atom is -0.444 e. The average molecular weight is 323 g/mol. The predicted molar refractivity (Wildman–Crippen MR) is 88.5 cm³/mol. The van der Waals surface area contributed by atoms with Gasteiger partial charge in [0.1, 0.15) is 5.60 Å². The van der Waals surface area contributed by atoms with Crippen molar-refractivity contribution in [2.24, 2.45) is 0 Å². The van der Waals surface area contributed by atoms with E-state index in [0.717, 1.165) is 24.3 Å². The van der Waals surface area contributed by atoms with Crippen LogP contribution in [-0.4, -0.2) is 48.0 Å². The first-order chi connectivity index (χ1) is 10.8. The van der Waals surface area contributed by atoms with Crippen molar-refractivity contribution < 1.29 is 19.8 Å². The lowest BCUT2D eigenvalue weighted by molar-refractivity contribution is -0.215. The van der Waals surface area contributed by atoms with Crippen LogP contribution in [0.15, 0.2) is 18.2 Å². The van der Waals surface area contributed by atoms with Gasteiger partial charge in [0.2, 0.25) is 0 Å². The van der Waals surface area contributed by atoms with Crippen molar-refractivity contribution in [3.8, 4) is 0 Å². The number of rotatable bonds is 3. The van der Waals surface area contributed by atoms with Gasteiger partial charge in [-0.2, -0.15) is 0 Å². The highest BCUT2D eigenvalue weighted by Crippen LogP contribution is 2.25. The molecule has 128 valence electrons. The van der Waals surface area contributed by atoms with Crippen LogP contribution in [0.1, 0.15) is 26.3 Å². The van der Waals surface area contributed by atoms with Crippen molar-refractivity contribution in [2.45, 2.75) is 33.3 Å². The molecule has 23 heavy (non-hydrogen) atoms. The van der Waals surface area contributed by atoms with E-state index in [9.17, 15) is 4.79 Å². The van der Waals surface area contributed by atoms with E-state index in [4.69, 9.17) is 9.99 Å². The number of carbonyl (C=O) groups is 1. The summed E-state index contributed by atoms with van der Waals surface area (Å²) in [5.74, 6) is 0. The number of carbonyl (C=O) groups excluding carboxylic acids is 1. The zero-order chi connectivity index (χ0) is 17.0. The second kappa shape index (κ2) is 7.06. The second-order valence-electron chi connectivity index (χ2n) is 6.65. The number of ether oxygens (including phenoxy) is 1. The molecule has 1 aliphatic rings. The molecule has 1 fully saturated rings. The van der Waals surface area contributed by atoms with Crippen LogP contribution >= 0.6 is 0 Å². The molecular weight excluding hydrogens is 298 g/mol. The smallest absolute Gasteiger partial charge is 0.410 e. The summed E-state index contributed by atoms with van der Waals surface area (Å²) in [5.41, 5.74) is 4.78. The molecule has 1 aliphatic heterocycles. The summed E-state index contributed by atoms with van der Waals surface area (Å²) in [6.45, 7) is 10.4. The molecule has 0 aliphatic carbocycles. The SMILES string of the molecule is Cc1cc(NOO)ccc1N1CCN(C(=O)OC(C)(C)C)CC1. The van der Waals surface area contributed by atoms with Gasteiger partial charge in [0, 0.05) is 31.9 Å². The molecule has 1 saturated heterocycles. The molecule has 0 aromatic heterocycles. The van der Waals surface area contributed by atoms with Gasteiger partial charge in [0.15, 0.2) is 0 Å². The molecule has 0 spiro atoms. The number of anilines is 2. The summed E-state index contributed by atoms with van der Waals surface area (Å²) in [4.78, 5) is 20.0. The van der Waals surface area contributed by atoms with Crippen LogP contribution in [0.3, 0.4) is 0 Å². The Labute approximate surface area is 136 Å². The van der Waals surface area contributed by atoms with E-state index in [2.05, 4.69) is 15.4 Å². The van der Waals surface area contributed by atoms with Gasteiger partial charge in [-0.25, -0.2) is 15.5 Å². The maximum Gasteiger partial charge on any atom is 0.410 e. The summed E-state index contributed by atoms with van der Waals surface area (Å²) < 4.78 is 5.41. The van der Waals surface area contributed by atoms with Crippen LogP contribution < -0.4 is 10.4 Å². The molecule has 0 saturated carbocycles. The normalized spacial score (nSPS) is 15.5. The third-order valence-electron chi connectivity index (χ3n) is 3.63. The lowest BCUT2D eigenvalue weighted by atomic mass is 10.1. The van der Waals surface area contributed by atoms with Gasteiger partial charge in [-0.1, -0.05) is 0 Å². The molecule has 1 amide bonds. The summed E-state index contributed by atoms with van der Waals surface area (Å²) in [5, 5.41) is 8.42. The van der Waals surface area contributed by atoms with E-state index < -0.39 is 5.60 Å². The van der Waals surface area contributed by atoms with E-state index in [0.29, 0.717) is 18.8 Å². The Morgan fingerprint density at radius 3 is 2.39 bits per heavy atom. The number of hydrogen-bond acceptors (Lipinski definition) is 6. The number of nitrogens with zero attached hydrogens (tertiary/aromatic N) is 2. The number of aryl methyl sites for hydroxylation is 1. The molecule has 0 atom stereocenters. The van der Waals surface area contributed by atoms with Crippen LogP contribution in [0, 0.1) is 6.92 Å². The first-order valence-corrected chi connectivity index (χ1v) is 7.70. The molecule has 1 aromatic carbocycles. The number of nitrogens with one attached hydrogen (secondary N) is 1. The Kier molecular flexibility index (Phi) is 5.33. The van der Waals surface area contributed by atoms with Crippen molar-refractivity contribution in [3.05, 3.63) is 23.8 Å². The summed E-state index contributed by atoms with van der Waals surface area (Å²) in [7, 11) is 0. The largest absolute Gasteiger partial charge is 0.444 e. The third-order valence-corrected chi connectivity index (χ3v) is 3.63. The molecule has 0 bridgehead atoms. The second-order valence-corrected chi connectivity index (χ2v) is 6.65. The van der Waals surface area contributed by atoms with E-state index in [1.807, 2.05) is 45.9 Å². The molecule has 0 radical (unpaired) electrons. The zero-order valence-corrected chi connectivity index (χ0v) is 14.1. The van der Waals surface area contributed by atoms with Crippen molar-refractivity contribution >= 4 is 17.5 Å². The van der Waals surface area contributed by atoms with E-state index in [1.54, 1.807) is 4.90 Å². The third kappa shape index (κ3) is 4.74. The molecule has 2 N–H and O–H groups in total. The molecule has 1 aromatic rings. The van der Waals surface area contributed by atoms with Crippen molar-refractivity contribution in [1.29, 1.82) is 0 Å². The Balaban J connectivity index is 1.95. The van der Waals surface area contributed by atoms with E-state index in [-0.39, 0.29) is 6.09 Å². The lowest BCUT2D eigenvalue weighted by Crippen LogP contribution is -2.50. The summed E-state index contributed by atoms with van der Waals surface area (Å²) in [6, 6.07) is 5.70. The monoisotopic (exact) mass is 323 g/mol. The number of piperazine rings is 1. The summed E-state index contributed by atoms with van der Waals surface area (Å²) in [6.07, 6.45) is -0.256. The Morgan fingerprint density at radius 2 is 1.87 bits per heavy atom. The highest BCUT2D eigenvalue weighted by molar-refractivity contribution is 5.69. The molecule has 1 heterocycles. The van der Waals surface area contributed by atoms with E-state index in [1.165, 1.54) is 0 Å². The van der Waals surface area contributed by atoms with Gasteiger partial charge >= 0.3 is 6.09 Å². The molecule has 7 heteroatoms. The van der Waals surface area contributed by atoms with Gasteiger partial charge in [-0.05, 0) is 51.5 Å². The highest BCUT2D eigenvalue weighted by atomic mass is 17.2. The molecule has 0 unspecified atom stereocenters. The van der Waals surface area contributed by atoms with Gasteiger partial charge in [-0.15, -0.1) is 4.99 Å². The minimum atomic E-state index is -0.470. The summed E-state index contributed by atoms with van der Waals surface area (Å²) >= 11 is 0. The van der Waals surface area contributed by atoms with E-state index >= 15 is 0 Å². The predicted octanol–water partition coefficient (Wildman–Crippen LogP) is 2.87.